The third kappa shape index (κ3) is 4.34. The zero-order chi connectivity index (χ0) is 16.8. The molecule has 3 nitrogen and oxygen atoms in total. The fourth-order valence-electron chi connectivity index (χ4n) is 3.05. The third-order valence-electron chi connectivity index (χ3n) is 4.38. The van der Waals surface area contributed by atoms with Crippen molar-refractivity contribution in [3.63, 3.8) is 0 Å². The van der Waals surface area contributed by atoms with Crippen molar-refractivity contribution < 1.29 is 9.53 Å². The summed E-state index contributed by atoms with van der Waals surface area (Å²) in [5.74, 6) is 0.891. The van der Waals surface area contributed by atoms with E-state index in [0.717, 1.165) is 36.5 Å². The van der Waals surface area contributed by atoms with E-state index in [-0.39, 0.29) is 5.78 Å². The van der Waals surface area contributed by atoms with E-state index in [2.05, 4.69) is 4.90 Å². The first-order valence-corrected chi connectivity index (χ1v) is 9.34. The molecule has 0 aliphatic carbocycles. The molecular formula is C20H23NO2S. The van der Waals surface area contributed by atoms with E-state index in [0.29, 0.717) is 5.56 Å². The second-order valence-electron chi connectivity index (χ2n) is 6.12. The van der Waals surface area contributed by atoms with Gasteiger partial charge in [-0.2, -0.15) is 11.3 Å². The Morgan fingerprint density at radius 1 is 1.25 bits per heavy atom. The maximum absolute atomic E-state index is 12.4. The minimum atomic E-state index is 0.0312. The van der Waals surface area contributed by atoms with Crippen LogP contribution >= 0.6 is 11.3 Å². The van der Waals surface area contributed by atoms with E-state index in [9.17, 15) is 4.79 Å². The van der Waals surface area contributed by atoms with Gasteiger partial charge in [-0.05, 0) is 72.6 Å². The lowest BCUT2D eigenvalue weighted by molar-refractivity contribution is 0.104. The average Bonchev–Trinajstić information content (AvgIpc) is 3.14. The highest BCUT2D eigenvalue weighted by Crippen LogP contribution is 2.24. The molecule has 0 spiro atoms. The molecule has 24 heavy (non-hydrogen) atoms. The Labute approximate surface area is 147 Å². The molecule has 0 radical (unpaired) electrons. The smallest absolute Gasteiger partial charge is 0.185 e. The Bertz CT molecular complexity index is 700. The summed E-state index contributed by atoms with van der Waals surface area (Å²) in [7, 11) is 1.69. The van der Waals surface area contributed by atoms with E-state index in [1.54, 1.807) is 24.5 Å². The summed E-state index contributed by atoms with van der Waals surface area (Å²) >= 11 is 1.63. The predicted molar refractivity (Wildman–Crippen MR) is 99.8 cm³/mol. The maximum atomic E-state index is 12.4. The first-order chi connectivity index (χ1) is 11.8. The van der Waals surface area contributed by atoms with Crippen LogP contribution in [0.2, 0.25) is 0 Å². The number of rotatable bonds is 6. The molecule has 2 heterocycles. The Kier molecular flexibility index (Phi) is 5.83. The summed E-state index contributed by atoms with van der Waals surface area (Å²) in [6.07, 6.45) is 7.34. The van der Waals surface area contributed by atoms with Crippen LogP contribution in [-0.4, -0.2) is 30.9 Å². The van der Waals surface area contributed by atoms with E-state index in [1.807, 2.05) is 41.1 Å². The van der Waals surface area contributed by atoms with Crippen LogP contribution in [0.3, 0.4) is 0 Å². The molecule has 0 amide bonds. The number of likely N-dealkylation sites (tertiary alicyclic amines) is 1. The van der Waals surface area contributed by atoms with Gasteiger partial charge in [-0.3, -0.25) is 9.69 Å². The number of benzene rings is 1. The molecule has 126 valence electrons. The molecule has 0 saturated carbocycles. The number of carbonyl (C=O) groups excluding carboxylic acids is 1. The number of ether oxygens (including phenoxy) is 1. The van der Waals surface area contributed by atoms with Crippen molar-refractivity contribution in [1.82, 2.24) is 4.90 Å². The number of methoxy groups -OCH3 is 1. The maximum Gasteiger partial charge on any atom is 0.185 e. The number of hydrogen-bond acceptors (Lipinski definition) is 4. The topological polar surface area (TPSA) is 29.5 Å². The molecule has 0 atom stereocenters. The van der Waals surface area contributed by atoms with E-state index in [1.165, 1.54) is 19.3 Å². The molecule has 1 aliphatic rings. The summed E-state index contributed by atoms with van der Waals surface area (Å²) < 4.78 is 5.49. The lowest BCUT2D eigenvalue weighted by Crippen LogP contribution is -2.29. The van der Waals surface area contributed by atoms with Crippen LogP contribution in [0.15, 0.2) is 41.1 Å². The molecular weight excluding hydrogens is 318 g/mol. The van der Waals surface area contributed by atoms with Gasteiger partial charge in [0, 0.05) is 17.7 Å². The number of piperidine rings is 1. The van der Waals surface area contributed by atoms with Gasteiger partial charge in [-0.25, -0.2) is 0 Å². The number of allylic oxidation sites excluding steroid dienone is 1. The fourth-order valence-corrected chi connectivity index (χ4v) is 3.68. The van der Waals surface area contributed by atoms with Gasteiger partial charge in [0.05, 0.1) is 7.11 Å². The zero-order valence-electron chi connectivity index (χ0n) is 14.0. The average molecular weight is 341 g/mol. The Hall–Kier alpha value is -1.91. The lowest BCUT2D eigenvalue weighted by Gasteiger charge is -2.27. The Morgan fingerprint density at radius 3 is 2.79 bits per heavy atom. The van der Waals surface area contributed by atoms with Crippen LogP contribution in [0.4, 0.5) is 0 Å². The summed E-state index contributed by atoms with van der Waals surface area (Å²) in [5, 5.41) is 4.04. The van der Waals surface area contributed by atoms with Crippen LogP contribution in [0.25, 0.3) is 6.08 Å². The zero-order valence-corrected chi connectivity index (χ0v) is 14.8. The standard InChI is InChI=1S/C20H23NO2S/c1-23-20-8-6-17(19(22)7-5-16-9-12-24-15-16)13-18(20)14-21-10-3-2-4-11-21/h5-9,12-13,15H,2-4,10-11,14H2,1H3/b7-5+. The normalized spacial score (nSPS) is 15.7. The van der Waals surface area contributed by atoms with E-state index in [4.69, 9.17) is 4.74 Å². The lowest BCUT2D eigenvalue weighted by atomic mass is 10.0. The van der Waals surface area contributed by atoms with Crippen LogP contribution in [0.1, 0.15) is 40.7 Å². The first-order valence-electron chi connectivity index (χ1n) is 8.40. The van der Waals surface area contributed by atoms with Crippen molar-refractivity contribution in [3.05, 3.63) is 57.8 Å². The fraction of sp³-hybridized carbons (Fsp3) is 0.350. The van der Waals surface area contributed by atoms with Gasteiger partial charge in [-0.1, -0.05) is 12.5 Å². The minimum absolute atomic E-state index is 0.0312. The number of carbonyl (C=O) groups is 1. The molecule has 2 aromatic rings. The van der Waals surface area contributed by atoms with Crippen molar-refractivity contribution in [2.75, 3.05) is 20.2 Å². The van der Waals surface area contributed by atoms with Gasteiger partial charge in [-0.15, -0.1) is 0 Å². The summed E-state index contributed by atoms with van der Waals surface area (Å²) in [6, 6.07) is 7.74. The molecule has 1 aromatic carbocycles. The summed E-state index contributed by atoms with van der Waals surface area (Å²) in [5.41, 5.74) is 2.87. The Morgan fingerprint density at radius 2 is 2.08 bits per heavy atom. The van der Waals surface area contributed by atoms with Gasteiger partial charge >= 0.3 is 0 Å². The number of nitrogens with zero attached hydrogens (tertiary/aromatic N) is 1. The van der Waals surface area contributed by atoms with Gasteiger partial charge in [0.1, 0.15) is 5.75 Å². The number of ketones is 1. The SMILES string of the molecule is COc1ccc(C(=O)/C=C/c2ccsc2)cc1CN1CCCCC1. The highest BCUT2D eigenvalue weighted by atomic mass is 32.1. The molecule has 1 aromatic heterocycles. The van der Waals surface area contributed by atoms with Crippen LogP contribution in [0.5, 0.6) is 5.75 Å². The van der Waals surface area contributed by atoms with E-state index >= 15 is 0 Å². The number of hydrogen-bond donors (Lipinski definition) is 0. The van der Waals surface area contributed by atoms with Gasteiger partial charge < -0.3 is 4.74 Å². The van der Waals surface area contributed by atoms with Crippen molar-refractivity contribution in [1.29, 1.82) is 0 Å². The highest BCUT2D eigenvalue weighted by molar-refractivity contribution is 7.08. The third-order valence-corrected chi connectivity index (χ3v) is 5.08. The molecule has 0 unspecified atom stereocenters. The van der Waals surface area contributed by atoms with Gasteiger partial charge in [0.2, 0.25) is 0 Å². The molecule has 1 aliphatic heterocycles. The van der Waals surface area contributed by atoms with Crippen LogP contribution in [0, 0.1) is 0 Å². The molecule has 1 fully saturated rings. The second kappa shape index (κ2) is 8.27. The molecule has 4 heteroatoms. The molecule has 3 rings (SSSR count). The van der Waals surface area contributed by atoms with Crippen molar-refractivity contribution in [2.45, 2.75) is 25.8 Å². The molecule has 1 saturated heterocycles. The first kappa shape index (κ1) is 16.9. The molecule has 0 N–H and O–H groups in total. The Balaban J connectivity index is 1.76. The molecule has 0 bridgehead atoms. The number of thiophene rings is 1. The second-order valence-corrected chi connectivity index (χ2v) is 6.90. The largest absolute Gasteiger partial charge is 0.496 e. The van der Waals surface area contributed by atoms with Gasteiger partial charge in [0.15, 0.2) is 5.78 Å². The van der Waals surface area contributed by atoms with Crippen molar-refractivity contribution >= 4 is 23.2 Å². The monoisotopic (exact) mass is 341 g/mol. The minimum Gasteiger partial charge on any atom is -0.496 e. The van der Waals surface area contributed by atoms with Crippen molar-refractivity contribution in [3.8, 4) is 5.75 Å². The summed E-state index contributed by atoms with van der Waals surface area (Å²) in [6.45, 7) is 3.09. The van der Waals surface area contributed by atoms with Crippen LogP contribution in [-0.2, 0) is 6.54 Å². The highest BCUT2D eigenvalue weighted by Gasteiger charge is 2.14. The summed E-state index contributed by atoms with van der Waals surface area (Å²) in [4.78, 5) is 14.9. The predicted octanol–water partition coefficient (Wildman–Crippen LogP) is 4.64. The van der Waals surface area contributed by atoms with E-state index < -0.39 is 0 Å². The van der Waals surface area contributed by atoms with Gasteiger partial charge in [0.25, 0.3) is 0 Å². The van der Waals surface area contributed by atoms with Crippen molar-refractivity contribution in [2.24, 2.45) is 0 Å². The van der Waals surface area contributed by atoms with Crippen LogP contribution < -0.4 is 4.74 Å². The quantitative estimate of drug-likeness (QED) is 0.566.